The van der Waals surface area contributed by atoms with E-state index in [1.807, 2.05) is 6.92 Å². The molecule has 0 radical (unpaired) electrons. The normalized spacial score (nSPS) is 16.4. The van der Waals surface area contributed by atoms with Gasteiger partial charge >= 0.3 is 24.3 Å². The molecule has 2 aliphatic rings. The minimum absolute atomic E-state index is 0.00222. The highest BCUT2D eigenvalue weighted by Gasteiger charge is 2.51. The zero-order chi connectivity index (χ0) is 37.6. The van der Waals surface area contributed by atoms with Crippen LogP contribution in [-0.2, 0) is 48.9 Å². The first-order valence-electron chi connectivity index (χ1n) is 17.0. The Balaban J connectivity index is 1.48. The van der Waals surface area contributed by atoms with Crippen LogP contribution in [0.4, 0.5) is 14.4 Å². The van der Waals surface area contributed by atoms with Crippen LogP contribution in [0.1, 0.15) is 84.1 Å². The summed E-state index contributed by atoms with van der Waals surface area (Å²) in [4.78, 5) is 73.4. The van der Waals surface area contributed by atoms with Gasteiger partial charge in [-0.25, -0.2) is 24.2 Å². The first-order chi connectivity index (χ1) is 23.8. The predicted molar refractivity (Wildman–Crippen MR) is 187 cm³/mol. The number of esters is 1. The van der Waals surface area contributed by atoms with Crippen LogP contribution < -0.4 is 10.3 Å². The Morgan fingerprint density at radius 1 is 0.922 bits per heavy atom. The van der Waals surface area contributed by atoms with Crippen molar-refractivity contribution in [2.75, 3.05) is 27.2 Å². The minimum atomic E-state index is -1.90. The Morgan fingerprint density at radius 3 is 2.18 bits per heavy atom. The van der Waals surface area contributed by atoms with Gasteiger partial charge in [0.15, 0.2) is 0 Å². The van der Waals surface area contributed by atoms with Crippen LogP contribution in [0.25, 0.3) is 22.3 Å². The van der Waals surface area contributed by atoms with Crippen molar-refractivity contribution < 1.29 is 42.9 Å². The van der Waals surface area contributed by atoms with E-state index in [2.05, 4.69) is 0 Å². The number of aryl methyl sites for hydroxylation is 1. The van der Waals surface area contributed by atoms with E-state index in [9.17, 15) is 24.0 Å². The summed E-state index contributed by atoms with van der Waals surface area (Å²) in [5.74, 6) is -0.492. The number of rotatable bonds is 7. The van der Waals surface area contributed by atoms with Crippen molar-refractivity contribution in [3.8, 4) is 17.1 Å². The van der Waals surface area contributed by atoms with Crippen LogP contribution in [-0.4, -0.2) is 82.0 Å². The third-order valence-corrected chi connectivity index (χ3v) is 8.74. The molecule has 0 saturated heterocycles. The zero-order valence-electron chi connectivity index (χ0n) is 30.9. The average Bonchev–Trinajstić information content (AvgIpc) is 3.40. The topological polar surface area (TPSA) is 156 Å². The number of fused-ring (bicyclic) bond motifs is 5. The lowest BCUT2D eigenvalue weighted by atomic mass is 9.85. The molecule has 14 heteroatoms. The molecular weight excluding hydrogens is 660 g/mol. The number of amides is 2. The molecule has 5 rings (SSSR count). The summed E-state index contributed by atoms with van der Waals surface area (Å²) in [5, 5.41) is 0.763. The van der Waals surface area contributed by atoms with Crippen LogP contribution in [0.2, 0.25) is 0 Å². The second-order valence-corrected chi connectivity index (χ2v) is 14.8. The van der Waals surface area contributed by atoms with E-state index in [4.69, 9.17) is 28.7 Å². The molecule has 2 amide bonds. The lowest BCUT2D eigenvalue weighted by molar-refractivity contribution is -0.173. The predicted octanol–water partition coefficient (Wildman–Crippen LogP) is 5.90. The molecule has 0 unspecified atom stereocenters. The molecule has 14 nitrogen and oxygen atoms in total. The maximum Gasteiger partial charge on any atom is 0.514 e. The minimum Gasteiger partial charge on any atom is -0.457 e. The zero-order valence-corrected chi connectivity index (χ0v) is 30.9. The van der Waals surface area contributed by atoms with Crippen molar-refractivity contribution in [2.24, 2.45) is 0 Å². The lowest BCUT2D eigenvalue weighted by Crippen LogP contribution is -2.49. The van der Waals surface area contributed by atoms with Gasteiger partial charge in [-0.15, -0.1) is 0 Å². The van der Waals surface area contributed by atoms with Gasteiger partial charge in [-0.05, 0) is 84.2 Å². The Labute approximate surface area is 296 Å². The smallest absolute Gasteiger partial charge is 0.457 e. The molecule has 274 valence electrons. The number of aromatic nitrogens is 2. The molecule has 4 heterocycles. The van der Waals surface area contributed by atoms with Crippen LogP contribution in [0.5, 0.6) is 5.75 Å². The first kappa shape index (κ1) is 37.1. The molecular formula is C37H46N4O10. The molecule has 0 N–H and O–H groups in total. The van der Waals surface area contributed by atoms with Crippen molar-refractivity contribution in [1.82, 2.24) is 19.4 Å². The SMILES string of the molecule is CCc1c2c(nc3ccc(OC(=O)OC(C)(C)C)cc13)-c1cc3c(c(=O)n1C2)COC(=O)[C@@]3(CC)OC(=O)N(C)CCN(C)C(=O)OC(C)(C)C. The lowest BCUT2D eigenvalue weighted by Gasteiger charge is -2.36. The number of ether oxygens (including phenoxy) is 5. The summed E-state index contributed by atoms with van der Waals surface area (Å²) >= 11 is 0. The number of carbonyl (C=O) groups excluding carboxylic acids is 4. The van der Waals surface area contributed by atoms with Crippen LogP contribution in [0.3, 0.4) is 0 Å². The summed E-state index contributed by atoms with van der Waals surface area (Å²) in [5.41, 5.74) is 0.189. The molecule has 0 fully saturated rings. The Bertz CT molecular complexity index is 1970. The fourth-order valence-corrected chi connectivity index (χ4v) is 6.18. The molecule has 0 aliphatic carbocycles. The van der Waals surface area contributed by atoms with Gasteiger partial charge in [0.2, 0.25) is 5.60 Å². The Morgan fingerprint density at radius 2 is 1.57 bits per heavy atom. The van der Waals surface area contributed by atoms with Gasteiger partial charge in [0, 0.05) is 43.7 Å². The number of hydrogen-bond acceptors (Lipinski definition) is 11. The maximum atomic E-state index is 14.1. The van der Waals surface area contributed by atoms with Crippen molar-refractivity contribution >= 4 is 35.2 Å². The third-order valence-electron chi connectivity index (χ3n) is 8.74. The van der Waals surface area contributed by atoms with Crippen LogP contribution in [0, 0.1) is 0 Å². The second kappa shape index (κ2) is 13.5. The van der Waals surface area contributed by atoms with Crippen LogP contribution in [0.15, 0.2) is 29.1 Å². The Hall–Kier alpha value is -5.14. The monoisotopic (exact) mass is 706 g/mol. The number of likely N-dealkylation sites (N-methyl/N-ethyl adjacent to an activating group) is 2. The number of nitrogens with zero attached hydrogens (tertiary/aromatic N) is 4. The molecule has 3 aromatic rings. The fourth-order valence-electron chi connectivity index (χ4n) is 6.18. The number of pyridine rings is 2. The van der Waals surface area contributed by atoms with Crippen LogP contribution >= 0.6 is 0 Å². The Kier molecular flexibility index (Phi) is 9.85. The number of carbonyl (C=O) groups is 4. The molecule has 0 bridgehead atoms. The van der Waals surface area contributed by atoms with E-state index >= 15 is 0 Å². The largest absolute Gasteiger partial charge is 0.514 e. The summed E-state index contributed by atoms with van der Waals surface area (Å²) in [6.07, 6.45) is -1.61. The highest BCUT2D eigenvalue weighted by molar-refractivity contribution is 5.91. The van der Waals surface area contributed by atoms with E-state index in [0.717, 1.165) is 16.5 Å². The summed E-state index contributed by atoms with van der Waals surface area (Å²) in [6, 6.07) is 6.80. The van der Waals surface area contributed by atoms with Gasteiger partial charge in [0.05, 0.1) is 29.0 Å². The van der Waals surface area contributed by atoms with E-state index < -0.39 is 41.1 Å². The standard InChI is InChI=1S/C37H46N4O10/c1-11-22-23-17-21(48-34(46)51-36(6,7)8)13-14-27(23)38-29-24(22)19-41-28(29)18-26-25(30(41)42)20-47-31(43)37(26,12-2)50-33(45)40(10)16-15-39(9)32(44)49-35(3,4)5/h13-14,17-18H,11-12,15-16,19-20H2,1-10H3/t37-/m0/s1. The van der Waals surface area contributed by atoms with Crippen molar-refractivity contribution in [3.05, 3.63) is 56.9 Å². The van der Waals surface area contributed by atoms with Gasteiger partial charge in [-0.2, -0.15) is 0 Å². The molecule has 0 spiro atoms. The third kappa shape index (κ3) is 7.35. The highest BCUT2D eigenvalue weighted by Crippen LogP contribution is 2.42. The van der Waals surface area contributed by atoms with E-state index in [1.54, 1.807) is 84.3 Å². The van der Waals surface area contributed by atoms with Gasteiger partial charge in [0.1, 0.15) is 23.6 Å². The van der Waals surface area contributed by atoms with Gasteiger partial charge in [-0.3, -0.25) is 4.79 Å². The van der Waals surface area contributed by atoms with E-state index in [-0.39, 0.29) is 49.3 Å². The molecule has 2 aromatic heterocycles. The molecule has 0 saturated carbocycles. The fraction of sp³-hybridized carbons (Fsp3) is 0.514. The van der Waals surface area contributed by atoms with Gasteiger partial charge in [-0.1, -0.05) is 13.8 Å². The van der Waals surface area contributed by atoms with E-state index in [0.29, 0.717) is 29.1 Å². The van der Waals surface area contributed by atoms with Crippen molar-refractivity contribution in [1.29, 1.82) is 0 Å². The molecule has 1 atom stereocenters. The van der Waals surface area contributed by atoms with E-state index in [1.165, 1.54) is 16.8 Å². The number of cyclic esters (lactones) is 1. The summed E-state index contributed by atoms with van der Waals surface area (Å²) in [7, 11) is 3.04. The van der Waals surface area contributed by atoms with Crippen molar-refractivity contribution in [2.45, 2.75) is 98.2 Å². The number of hydrogen-bond donors (Lipinski definition) is 0. The summed E-state index contributed by atoms with van der Waals surface area (Å²) < 4.78 is 29.2. The molecule has 2 aliphatic heterocycles. The second-order valence-electron chi connectivity index (χ2n) is 14.8. The van der Waals surface area contributed by atoms with Gasteiger partial charge in [0.25, 0.3) is 5.56 Å². The average molecular weight is 707 g/mol. The van der Waals surface area contributed by atoms with Gasteiger partial charge < -0.3 is 38.1 Å². The first-order valence-corrected chi connectivity index (χ1v) is 17.0. The molecule has 51 heavy (non-hydrogen) atoms. The number of benzene rings is 1. The maximum absolute atomic E-state index is 14.1. The quantitative estimate of drug-likeness (QED) is 0.128. The summed E-state index contributed by atoms with van der Waals surface area (Å²) in [6.45, 7) is 14.4. The van der Waals surface area contributed by atoms with Crippen molar-refractivity contribution in [3.63, 3.8) is 0 Å². The molecule has 1 aromatic carbocycles. The highest BCUT2D eigenvalue weighted by atomic mass is 16.7.